The molecule has 1 aliphatic heterocycles. The summed E-state index contributed by atoms with van der Waals surface area (Å²) in [7, 11) is 0. The molecule has 2 aromatic heterocycles. The van der Waals surface area contributed by atoms with Crippen LogP contribution in [0.5, 0.6) is 5.88 Å². The molecule has 3 heterocycles. The molecule has 0 saturated carbocycles. The van der Waals surface area contributed by atoms with Crippen molar-refractivity contribution in [2.45, 2.75) is 20.1 Å². The number of aliphatic imine (C=N–C) groups is 1. The van der Waals surface area contributed by atoms with Crippen LogP contribution >= 0.6 is 0 Å². The van der Waals surface area contributed by atoms with Crippen LogP contribution in [0.1, 0.15) is 27.2 Å². The van der Waals surface area contributed by atoms with Crippen LogP contribution < -0.4 is 0 Å². The van der Waals surface area contributed by atoms with Crippen LogP contribution in [-0.2, 0) is 27.4 Å². The zero-order valence-corrected chi connectivity index (χ0v) is 23.3. The lowest BCUT2D eigenvalue weighted by molar-refractivity contribution is 0.00879. The molecule has 0 atom stereocenters. The molecule has 0 fully saturated rings. The first-order chi connectivity index (χ1) is 20.6. The van der Waals surface area contributed by atoms with Crippen molar-refractivity contribution in [3.05, 3.63) is 101 Å². The molecule has 1 aliphatic rings. The van der Waals surface area contributed by atoms with Crippen LogP contribution in [0.15, 0.2) is 84.0 Å². The Labute approximate surface area is 242 Å². The highest BCUT2D eigenvalue weighted by molar-refractivity contribution is 6.56. The van der Waals surface area contributed by atoms with Crippen molar-refractivity contribution < 1.29 is 24.1 Å². The number of nitrogens with zero attached hydrogens (tertiary/aromatic N) is 5. The third-order valence-electron chi connectivity index (χ3n) is 7.07. The van der Waals surface area contributed by atoms with E-state index in [1.807, 2.05) is 73.8 Å². The second kappa shape index (κ2) is 12.5. The van der Waals surface area contributed by atoms with Gasteiger partial charge in [-0.3, -0.25) is 4.79 Å². The molecule has 0 unspecified atom stereocenters. The lowest BCUT2D eigenvalue weighted by atomic mass is 10.0. The van der Waals surface area contributed by atoms with Gasteiger partial charge in [0.25, 0.3) is 0 Å². The van der Waals surface area contributed by atoms with E-state index in [1.165, 1.54) is 5.56 Å². The molecule has 0 amide bonds. The Balaban J connectivity index is 0.936. The van der Waals surface area contributed by atoms with E-state index in [4.69, 9.17) is 14.2 Å². The van der Waals surface area contributed by atoms with Gasteiger partial charge in [0.15, 0.2) is 0 Å². The number of hydrogen-bond donors (Lipinski definition) is 1. The molecule has 10 heteroatoms. The van der Waals surface area contributed by atoms with Gasteiger partial charge in [-0.25, -0.2) is 9.67 Å². The van der Waals surface area contributed by atoms with Gasteiger partial charge in [-0.15, -0.1) is 5.10 Å². The molecule has 3 aromatic carbocycles. The van der Waals surface area contributed by atoms with Crippen molar-refractivity contribution in [2.24, 2.45) is 4.99 Å². The number of aromatic hydroxyl groups is 1. The summed E-state index contributed by atoms with van der Waals surface area (Å²) in [4.78, 5) is 17.6. The van der Waals surface area contributed by atoms with Crippen LogP contribution in [0.4, 0.5) is 5.69 Å². The minimum absolute atomic E-state index is 0.00648. The lowest BCUT2D eigenvalue weighted by Gasteiger charge is -2.09. The van der Waals surface area contributed by atoms with Crippen molar-refractivity contribution in [1.82, 2.24) is 19.6 Å². The molecule has 214 valence electrons. The van der Waals surface area contributed by atoms with Gasteiger partial charge in [0.1, 0.15) is 11.4 Å². The normalized spacial score (nSPS) is 12.7. The zero-order chi connectivity index (χ0) is 28.9. The Bertz CT molecular complexity index is 1740. The molecule has 0 bridgehead atoms. The van der Waals surface area contributed by atoms with Gasteiger partial charge in [0, 0.05) is 17.5 Å². The third kappa shape index (κ3) is 5.73. The topological polar surface area (TPSA) is 113 Å². The number of aryl methyl sites for hydroxylation is 1. The maximum atomic E-state index is 13.1. The van der Waals surface area contributed by atoms with Gasteiger partial charge in [0.05, 0.1) is 68.3 Å². The van der Waals surface area contributed by atoms with Crippen molar-refractivity contribution >= 4 is 28.1 Å². The van der Waals surface area contributed by atoms with E-state index in [1.54, 1.807) is 21.4 Å². The molecule has 5 aromatic rings. The third-order valence-corrected chi connectivity index (χ3v) is 7.07. The summed E-state index contributed by atoms with van der Waals surface area (Å²) >= 11 is 0. The summed E-state index contributed by atoms with van der Waals surface area (Å²) in [5.41, 5.74) is 5.58. The highest BCUT2D eigenvalue weighted by Gasteiger charge is 2.31. The predicted octanol–water partition coefficient (Wildman–Crippen LogP) is 4.80. The minimum Gasteiger partial charge on any atom is -0.494 e. The monoisotopic (exact) mass is 565 g/mol. The summed E-state index contributed by atoms with van der Waals surface area (Å²) in [6.45, 7) is 4.85. The molecule has 10 nitrogen and oxygen atoms in total. The molecule has 1 N–H and O–H groups in total. The molecule has 6 rings (SSSR count). The zero-order valence-electron chi connectivity index (χ0n) is 23.3. The van der Waals surface area contributed by atoms with E-state index in [2.05, 4.69) is 15.3 Å². The number of aromatic nitrogens is 4. The molecular weight excluding hydrogens is 534 g/mol. The summed E-state index contributed by atoms with van der Waals surface area (Å²) in [5, 5.41) is 20.2. The SMILES string of the molecule is Cc1ccc(-n2cc(COCCOCCOCCn3c(O)c(C4=Nc5ccccc5C4=O)c4ccccc43)nn2)cc1. The van der Waals surface area contributed by atoms with Crippen molar-refractivity contribution in [2.75, 3.05) is 33.0 Å². The van der Waals surface area contributed by atoms with Crippen LogP contribution in [0, 0.1) is 6.92 Å². The fraction of sp³-hybridized carbons (Fsp3) is 0.250. The average molecular weight is 566 g/mol. The number of rotatable bonds is 13. The average Bonchev–Trinajstić information content (AvgIpc) is 3.69. The van der Waals surface area contributed by atoms with Gasteiger partial charge in [-0.2, -0.15) is 0 Å². The first-order valence-electron chi connectivity index (χ1n) is 13.8. The smallest absolute Gasteiger partial charge is 0.214 e. The van der Waals surface area contributed by atoms with Crippen molar-refractivity contribution in [3.8, 4) is 11.6 Å². The van der Waals surface area contributed by atoms with Crippen molar-refractivity contribution in [3.63, 3.8) is 0 Å². The molecule has 0 aliphatic carbocycles. The number of Topliss-reactive ketones (excluding diaryl/α,β-unsaturated/α-hetero) is 1. The summed E-state index contributed by atoms with van der Waals surface area (Å²) in [5.74, 6) is -0.179. The quantitative estimate of drug-likeness (QED) is 0.204. The Kier molecular flexibility index (Phi) is 8.18. The summed E-state index contributed by atoms with van der Waals surface area (Å²) < 4.78 is 20.5. The number of para-hydroxylation sites is 2. The van der Waals surface area contributed by atoms with Crippen LogP contribution in [0.3, 0.4) is 0 Å². The maximum Gasteiger partial charge on any atom is 0.214 e. The van der Waals surface area contributed by atoms with Gasteiger partial charge in [-0.05, 0) is 37.3 Å². The minimum atomic E-state index is -0.185. The van der Waals surface area contributed by atoms with E-state index in [9.17, 15) is 9.90 Å². The van der Waals surface area contributed by atoms with Gasteiger partial charge in [0.2, 0.25) is 11.7 Å². The maximum absolute atomic E-state index is 13.1. The number of ketones is 1. The van der Waals surface area contributed by atoms with Crippen molar-refractivity contribution in [1.29, 1.82) is 0 Å². The summed E-state index contributed by atoms with van der Waals surface area (Å²) in [6, 6.07) is 22.9. The molecule has 0 radical (unpaired) electrons. The summed E-state index contributed by atoms with van der Waals surface area (Å²) in [6.07, 6.45) is 1.85. The highest BCUT2D eigenvalue weighted by Crippen LogP contribution is 2.37. The molecular formula is C32H31N5O5. The van der Waals surface area contributed by atoms with E-state index < -0.39 is 0 Å². The van der Waals surface area contributed by atoms with Crippen LogP contribution in [0.2, 0.25) is 0 Å². The number of hydrogen-bond acceptors (Lipinski definition) is 8. The van der Waals surface area contributed by atoms with Gasteiger partial charge >= 0.3 is 0 Å². The number of carbonyl (C=O) groups is 1. The Morgan fingerprint density at radius 3 is 2.36 bits per heavy atom. The first-order valence-corrected chi connectivity index (χ1v) is 13.8. The molecule has 0 spiro atoms. The van der Waals surface area contributed by atoms with E-state index in [0.717, 1.165) is 22.3 Å². The van der Waals surface area contributed by atoms with Crippen LogP contribution in [-0.4, -0.2) is 69.2 Å². The lowest BCUT2D eigenvalue weighted by Crippen LogP contribution is -2.13. The number of fused-ring (bicyclic) bond motifs is 2. The van der Waals surface area contributed by atoms with Crippen LogP contribution in [0.25, 0.3) is 16.6 Å². The number of benzene rings is 3. The Morgan fingerprint density at radius 2 is 1.55 bits per heavy atom. The molecule has 42 heavy (non-hydrogen) atoms. The second-order valence-corrected chi connectivity index (χ2v) is 9.94. The van der Waals surface area contributed by atoms with Gasteiger partial charge < -0.3 is 23.9 Å². The fourth-order valence-corrected chi connectivity index (χ4v) is 4.94. The second-order valence-electron chi connectivity index (χ2n) is 9.94. The van der Waals surface area contributed by atoms with Gasteiger partial charge in [-0.1, -0.05) is 53.2 Å². The van der Waals surface area contributed by atoms with E-state index >= 15 is 0 Å². The predicted molar refractivity (Wildman–Crippen MR) is 158 cm³/mol. The number of carbonyl (C=O) groups excluding carboxylic acids is 1. The Hall–Kier alpha value is -4.64. The molecule has 0 saturated heterocycles. The first kappa shape index (κ1) is 27.5. The highest BCUT2D eigenvalue weighted by atomic mass is 16.5. The largest absolute Gasteiger partial charge is 0.494 e. The van der Waals surface area contributed by atoms with E-state index in [-0.39, 0.29) is 17.4 Å². The fourth-order valence-electron chi connectivity index (χ4n) is 4.94. The number of ether oxygens (including phenoxy) is 3. The van der Waals surface area contributed by atoms with E-state index in [0.29, 0.717) is 63.0 Å². The standard InChI is InChI=1S/C32H31N5O5/c1-22-10-12-24(13-11-22)37-20-23(34-35-37)21-42-19-18-41-17-16-40-15-14-36-28-9-5-3-7-26(28)29(32(36)39)30-31(38)25-6-2-4-8-27(25)33-30/h2-13,20,39H,14-19,21H2,1H3. The Morgan fingerprint density at radius 1 is 0.833 bits per heavy atom.